The minimum atomic E-state index is 0.873. The van der Waals surface area contributed by atoms with Crippen LogP contribution in [0.4, 0.5) is 0 Å². The third-order valence-electron chi connectivity index (χ3n) is 3.45. The average Bonchev–Trinajstić information content (AvgIpc) is 2.80. The van der Waals surface area contributed by atoms with Gasteiger partial charge in [-0.1, -0.05) is 13.0 Å². The summed E-state index contributed by atoms with van der Waals surface area (Å²) in [5, 5.41) is 3.19. The second kappa shape index (κ2) is 5.93. The lowest BCUT2D eigenvalue weighted by Gasteiger charge is -2.09. The number of H-pyrrole nitrogens is 1. The predicted molar refractivity (Wildman–Crippen MR) is 79.7 cm³/mol. The van der Waals surface area contributed by atoms with Crippen molar-refractivity contribution in [3.05, 3.63) is 41.1 Å². The summed E-state index contributed by atoms with van der Waals surface area (Å²) in [6.07, 6.45) is 1.03. The average molecular weight is 258 g/mol. The lowest BCUT2D eigenvalue weighted by atomic mass is 10.0. The first kappa shape index (κ1) is 13.7. The first-order chi connectivity index (χ1) is 9.19. The Balaban J connectivity index is 2.47. The van der Waals surface area contributed by atoms with Crippen LogP contribution in [0.2, 0.25) is 0 Å². The zero-order valence-corrected chi connectivity index (χ0v) is 12.1. The Labute approximate surface area is 115 Å². The van der Waals surface area contributed by atoms with E-state index in [1.165, 1.54) is 16.8 Å². The van der Waals surface area contributed by atoms with Crippen molar-refractivity contribution < 1.29 is 4.74 Å². The number of ether oxygens (including phenoxy) is 1. The van der Waals surface area contributed by atoms with Gasteiger partial charge in [0, 0.05) is 23.5 Å². The third-order valence-corrected chi connectivity index (χ3v) is 3.45. The minimum Gasteiger partial charge on any atom is -0.496 e. The molecule has 3 nitrogen and oxygen atoms in total. The number of hydrogen-bond donors (Lipinski definition) is 2. The predicted octanol–water partition coefficient (Wildman–Crippen LogP) is 3.28. The summed E-state index contributed by atoms with van der Waals surface area (Å²) in [6.45, 7) is 5.14. The van der Waals surface area contributed by atoms with Gasteiger partial charge in [0.2, 0.25) is 0 Å². The number of rotatable bonds is 5. The van der Waals surface area contributed by atoms with Crippen LogP contribution in [-0.2, 0) is 13.0 Å². The van der Waals surface area contributed by atoms with Crippen molar-refractivity contribution in [2.75, 3.05) is 14.2 Å². The highest BCUT2D eigenvalue weighted by atomic mass is 16.5. The van der Waals surface area contributed by atoms with Crippen molar-refractivity contribution in [3.8, 4) is 17.0 Å². The van der Waals surface area contributed by atoms with Crippen molar-refractivity contribution >= 4 is 0 Å². The van der Waals surface area contributed by atoms with Crippen LogP contribution in [0.3, 0.4) is 0 Å². The Kier molecular flexibility index (Phi) is 4.27. The second-order valence-electron chi connectivity index (χ2n) is 4.75. The van der Waals surface area contributed by atoms with Crippen molar-refractivity contribution in [1.82, 2.24) is 10.3 Å². The molecular weight excluding hydrogens is 236 g/mol. The Morgan fingerprint density at radius 1 is 1.26 bits per heavy atom. The van der Waals surface area contributed by atoms with Gasteiger partial charge < -0.3 is 15.0 Å². The topological polar surface area (TPSA) is 37.0 Å². The van der Waals surface area contributed by atoms with Crippen LogP contribution < -0.4 is 10.1 Å². The molecule has 0 aliphatic heterocycles. The van der Waals surface area contributed by atoms with Crippen LogP contribution in [0.5, 0.6) is 5.75 Å². The molecule has 0 aliphatic rings. The van der Waals surface area contributed by atoms with Crippen molar-refractivity contribution in [2.24, 2.45) is 0 Å². The first-order valence-electron chi connectivity index (χ1n) is 6.70. The highest BCUT2D eigenvalue weighted by molar-refractivity contribution is 5.69. The van der Waals surface area contributed by atoms with Crippen LogP contribution in [0, 0.1) is 6.92 Å². The van der Waals surface area contributed by atoms with Gasteiger partial charge in [-0.3, -0.25) is 0 Å². The van der Waals surface area contributed by atoms with Crippen LogP contribution in [0.25, 0.3) is 11.3 Å². The van der Waals surface area contributed by atoms with Gasteiger partial charge in [0.15, 0.2) is 0 Å². The fourth-order valence-electron chi connectivity index (χ4n) is 2.31. The van der Waals surface area contributed by atoms with Gasteiger partial charge >= 0.3 is 0 Å². The Morgan fingerprint density at radius 3 is 2.68 bits per heavy atom. The molecule has 2 rings (SSSR count). The summed E-state index contributed by atoms with van der Waals surface area (Å²) >= 11 is 0. The second-order valence-corrected chi connectivity index (χ2v) is 4.75. The van der Waals surface area contributed by atoms with Crippen LogP contribution in [0.1, 0.15) is 23.7 Å². The molecular formula is C16H22N2O. The van der Waals surface area contributed by atoms with E-state index in [0.29, 0.717) is 0 Å². The number of hydrogen-bond acceptors (Lipinski definition) is 2. The van der Waals surface area contributed by atoms with E-state index in [2.05, 4.69) is 42.3 Å². The maximum atomic E-state index is 5.47. The van der Waals surface area contributed by atoms with Crippen molar-refractivity contribution in [2.45, 2.75) is 26.8 Å². The maximum Gasteiger partial charge on any atom is 0.128 e. The molecule has 0 saturated heterocycles. The number of benzene rings is 1. The molecule has 2 N–H and O–H groups in total. The quantitative estimate of drug-likeness (QED) is 0.863. The summed E-state index contributed by atoms with van der Waals surface area (Å²) in [7, 11) is 3.68. The molecule has 0 unspecified atom stereocenters. The van der Waals surface area contributed by atoms with E-state index in [1.54, 1.807) is 7.11 Å². The molecule has 0 aliphatic carbocycles. The normalized spacial score (nSPS) is 10.7. The maximum absolute atomic E-state index is 5.47. The van der Waals surface area contributed by atoms with Crippen LogP contribution in [0.15, 0.2) is 24.3 Å². The fourth-order valence-corrected chi connectivity index (χ4v) is 2.31. The van der Waals surface area contributed by atoms with Crippen molar-refractivity contribution in [1.29, 1.82) is 0 Å². The largest absolute Gasteiger partial charge is 0.496 e. The SMILES string of the molecule is CCc1ccc(OC)c(-c2cc(CNC)c(C)[nH]2)c1. The van der Waals surface area contributed by atoms with E-state index < -0.39 is 0 Å². The molecule has 102 valence electrons. The van der Waals surface area contributed by atoms with Gasteiger partial charge in [-0.2, -0.15) is 0 Å². The zero-order valence-electron chi connectivity index (χ0n) is 12.1. The van der Waals surface area contributed by atoms with Gasteiger partial charge in [-0.15, -0.1) is 0 Å². The first-order valence-corrected chi connectivity index (χ1v) is 6.70. The zero-order chi connectivity index (χ0) is 13.8. The molecule has 3 heteroatoms. The van der Waals surface area contributed by atoms with Gasteiger partial charge in [0.1, 0.15) is 5.75 Å². The molecule has 19 heavy (non-hydrogen) atoms. The molecule has 1 heterocycles. The van der Waals surface area contributed by atoms with E-state index >= 15 is 0 Å². The monoisotopic (exact) mass is 258 g/mol. The minimum absolute atomic E-state index is 0.873. The molecule has 0 bridgehead atoms. The Bertz CT molecular complexity index is 558. The lowest BCUT2D eigenvalue weighted by Crippen LogP contribution is -2.04. The molecule has 0 spiro atoms. The summed E-state index contributed by atoms with van der Waals surface area (Å²) in [5.41, 5.74) is 6.06. The van der Waals surface area contributed by atoms with Gasteiger partial charge in [-0.25, -0.2) is 0 Å². The molecule has 1 aromatic carbocycles. The molecule has 0 saturated carbocycles. The Hall–Kier alpha value is -1.74. The van der Waals surface area contributed by atoms with E-state index in [4.69, 9.17) is 4.74 Å². The fraction of sp³-hybridized carbons (Fsp3) is 0.375. The molecule has 2 aromatic rings. The summed E-state index contributed by atoms with van der Waals surface area (Å²) < 4.78 is 5.47. The Morgan fingerprint density at radius 2 is 2.05 bits per heavy atom. The third kappa shape index (κ3) is 2.82. The van der Waals surface area contributed by atoms with Gasteiger partial charge in [0.05, 0.1) is 7.11 Å². The van der Waals surface area contributed by atoms with Gasteiger partial charge in [0.25, 0.3) is 0 Å². The molecule has 0 fully saturated rings. The molecule has 0 radical (unpaired) electrons. The summed E-state index contributed by atoms with van der Waals surface area (Å²) in [6, 6.07) is 8.56. The van der Waals surface area contributed by atoms with E-state index in [0.717, 1.165) is 30.0 Å². The number of aromatic amines is 1. The highest BCUT2D eigenvalue weighted by Gasteiger charge is 2.11. The van der Waals surface area contributed by atoms with E-state index in [1.807, 2.05) is 13.1 Å². The molecule has 0 atom stereocenters. The van der Waals surface area contributed by atoms with E-state index in [9.17, 15) is 0 Å². The van der Waals surface area contributed by atoms with Crippen LogP contribution >= 0.6 is 0 Å². The van der Waals surface area contributed by atoms with Crippen LogP contribution in [-0.4, -0.2) is 19.1 Å². The number of aryl methyl sites for hydroxylation is 2. The van der Waals surface area contributed by atoms with Crippen molar-refractivity contribution in [3.63, 3.8) is 0 Å². The van der Waals surface area contributed by atoms with E-state index in [-0.39, 0.29) is 0 Å². The molecule has 0 amide bonds. The van der Waals surface area contributed by atoms with Gasteiger partial charge in [-0.05, 0) is 49.7 Å². The standard InChI is InChI=1S/C16H22N2O/c1-5-12-6-7-16(19-4)14(8-12)15-9-13(10-17-3)11(2)18-15/h6-9,17-18H,5,10H2,1-4H3. The summed E-state index contributed by atoms with van der Waals surface area (Å²) in [5.74, 6) is 0.912. The highest BCUT2D eigenvalue weighted by Crippen LogP contribution is 2.31. The lowest BCUT2D eigenvalue weighted by molar-refractivity contribution is 0.416. The number of aromatic nitrogens is 1. The summed E-state index contributed by atoms with van der Waals surface area (Å²) in [4.78, 5) is 3.45. The molecule has 1 aromatic heterocycles. The smallest absolute Gasteiger partial charge is 0.128 e. The number of methoxy groups -OCH3 is 1. The number of nitrogens with one attached hydrogen (secondary N) is 2.